The fourth-order valence-corrected chi connectivity index (χ4v) is 2.10. The molecule has 1 unspecified atom stereocenters. The molecule has 0 amide bonds. The van der Waals surface area contributed by atoms with Crippen LogP contribution >= 0.6 is 11.6 Å². The molecule has 0 aliphatic rings. The van der Waals surface area contributed by atoms with E-state index < -0.39 is 0 Å². The monoisotopic (exact) mass is 251 g/mol. The molecular weight excluding hydrogens is 234 g/mol. The number of fused-ring (bicyclic) bond motifs is 1. The molecule has 2 aromatic rings. The van der Waals surface area contributed by atoms with Crippen molar-refractivity contribution in [3.63, 3.8) is 0 Å². The van der Waals surface area contributed by atoms with Crippen LogP contribution in [0.3, 0.4) is 0 Å². The van der Waals surface area contributed by atoms with Gasteiger partial charge < -0.3 is 10.3 Å². The highest BCUT2D eigenvalue weighted by Crippen LogP contribution is 2.20. The zero-order chi connectivity index (χ0) is 12.4. The van der Waals surface area contributed by atoms with Crippen LogP contribution in [0.5, 0.6) is 0 Å². The van der Waals surface area contributed by atoms with E-state index in [9.17, 15) is 0 Å². The fourth-order valence-electron chi connectivity index (χ4n) is 1.93. The molecule has 0 fully saturated rings. The van der Waals surface area contributed by atoms with Crippen molar-refractivity contribution in [1.29, 1.82) is 0 Å². The van der Waals surface area contributed by atoms with Gasteiger partial charge in [0.25, 0.3) is 0 Å². The smallest absolute Gasteiger partial charge is 0.109 e. The van der Waals surface area contributed by atoms with E-state index in [0.29, 0.717) is 5.92 Å². The van der Waals surface area contributed by atoms with Crippen molar-refractivity contribution in [2.45, 2.75) is 19.8 Å². The highest BCUT2D eigenvalue weighted by molar-refractivity contribution is 6.31. The third-order valence-electron chi connectivity index (χ3n) is 3.20. The van der Waals surface area contributed by atoms with Gasteiger partial charge in [-0.2, -0.15) is 0 Å². The van der Waals surface area contributed by atoms with E-state index in [-0.39, 0.29) is 0 Å². The van der Waals surface area contributed by atoms with Crippen LogP contribution in [0.25, 0.3) is 11.0 Å². The largest absolute Gasteiger partial charge is 0.331 e. The van der Waals surface area contributed by atoms with Gasteiger partial charge in [0, 0.05) is 18.5 Å². The van der Waals surface area contributed by atoms with E-state index in [2.05, 4.69) is 16.5 Å². The predicted molar refractivity (Wildman–Crippen MR) is 72.3 cm³/mol. The second kappa shape index (κ2) is 5.07. The van der Waals surface area contributed by atoms with Gasteiger partial charge in [-0.05, 0) is 37.1 Å². The minimum atomic E-state index is 0.540. The maximum Gasteiger partial charge on any atom is 0.109 e. The third kappa shape index (κ3) is 2.61. The second-order valence-electron chi connectivity index (χ2n) is 4.60. The summed E-state index contributed by atoms with van der Waals surface area (Å²) in [5, 5.41) is 0.752. The van der Waals surface area contributed by atoms with Crippen LogP contribution in [0.2, 0.25) is 5.02 Å². The Bertz CT molecular complexity index is 519. The first-order chi connectivity index (χ1) is 8.11. The first-order valence-corrected chi connectivity index (χ1v) is 6.30. The number of benzene rings is 1. The molecule has 0 aliphatic carbocycles. The van der Waals surface area contributed by atoms with Gasteiger partial charge in [-0.15, -0.1) is 0 Å². The molecule has 2 rings (SSSR count). The zero-order valence-corrected chi connectivity index (χ0v) is 11.0. The van der Waals surface area contributed by atoms with Crippen molar-refractivity contribution in [1.82, 2.24) is 9.55 Å². The van der Waals surface area contributed by atoms with E-state index in [4.69, 9.17) is 17.3 Å². The van der Waals surface area contributed by atoms with Crippen LogP contribution in [0.15, 0.2) is 18.2 Å². The van der Waals surface area contributed by atoms with Crippen LogP contribution < -0.4 is 5.73 Å². The van der Waals surface area contributed by atoms with E-state index in [1.165, 1.54) is 0 Å². The molecule has 0 saturated carbocycles. The van der Waals surface area contributed by atoms with Crippen molar-refractivity contribution in [3.05, 3.63) is 29.0 Å². The number of aromatic nitrogens is 2. The van der Waals surface area contributed by atoms with E-state index in [1.807, 2.05) is 25.2 Å². The number of rotatable bonds is 4. The van der Waals surface area contributed by atoms with Gasteiger partial charge in [0.05, 0.1) is 11.0 Å². The lowest BCUT2D eigenvalue weighted by Crippen LogP contribution is -2.12. The lowest BCUT2D eigenvalue weighted by Gasteiger charge is -2.07. The van der Waals surface area contributed by atoms with Crippen molar-refractivity contribution in [2.75, 3.05) is 6.54 Å². The van der Waals surface area contributed by atoms with E-state index in [0.717, 1.165) is 41.3 Å². The number of aryl methyl sites for hydroxylation is 2. The standard InChI is InChI=1S/C13H18ClN3/c1-9(8-15)3-6-13-16-11-5-4-10(14)7-12(11)17(13)2/h4-5,7,9H,3,6,8,15H2,1-2H3. The van der Waals surface area contributed by atoms with Crippen molar-refractivity contribution in [3.8, 4) is 0 Å². The Kier molecular flexibility index (Phi) is 3.69. The molecule has 2 N–H and O–H groups in total. The number of nitrogens with zero attached hydrogens (tertiary/aromatic N) is 2. The molecule has 1 aromatic heterocycles. The van der Waals surface area contributed by atoms with E-state index >= 15 is 0 Å². The summed E-state index contributed by atoms with van der Waals surface area (Å²) in [7, 11) is 2.04. The van der Waals surface area contributed by atoms with Crippen molar-refractivity contribution >= 4 is 22.6 Å². The fraction of sp³-hybridized carbons (Fsp3) is 0.462. The quantitative estimate of drug-likeness (QED) is 0.908. The predicted octanol–water partition coefficient (Wildman–Crippen LogP) is 2.75. The molecule has 0 aliphatic heterocycles. The minimum Gasteiger partial charge on any atom is -0.331 e. The van der Waals surface area contributed by atoms with Crippen molar-refractivity contribution in [2.24, 2.45) is 18.7 Å². The molecule has 3 nitrogen and oxygen atoms in total. The van der Waals surface area contributed by atoms with Gasteiger partial charge in [-0.1, -0.05) is 18.5 Å². The Hall–Kier alpha value is -1.06. The number of nitrogens with two attached hydrogens (primary N) is 1. The Balaban J connectivity index is 2.26. The average Bonchev–Trinajstić information content (AvgIpc) is 2.63. The topological polar surface area (TPSA) is 43.8 Å². The number of halogens is 1. The first kappa shape index (κ1) is 12.4. The van der Waals surface area contributed by atoms with E-state index in [1.54, 1.807) is 0 Å². The molecule has 0 saturated heterocycles. The van der Waals surface area contributed by atoms with Gasteiger partial charge in [-0.25, -0.2) is 4.98 Å². The summed E-state index contributed by atoms with van der Waals surface area (Å²) in [5.74, 6) is 1.64. The number of hydrogen-bond donors (Lipinski definition) is 1. The van der Waals surface area contributed by atoms with Crippen molar-refractivity contribution < 1.29 is 0 Å². The van der Waals surface area contributed by atoms with Crippen LogP contribution in [0.1, 0.15) is 19.2 Å². The summed E-state index contributed by atoms with van der Waals surface area (Å²) in [6.45, 7) is 2.90. The minimum absolute atomic E-state index is 0.540. The maximum atomic E-state index is 5.99. The van der Waals surface area contributed by atoms with Crippen LogP contribution in [0, 0.1) is 5.92 Å². The SMILES string of the molecule is CC(CN)CCc1nc2ccc(Cl)cc2n1C. The van der Waals surface area contributed by atoms with Gasteiger partial charge >= 0.3 is 0 Å². The molecule has 0 radical (unpaired) electrons. The lowest BCUT2D eigenvalue weighted by molar-refractivity contribution is 0.531. The zero-order valence-electron chi connectivity index (χ0n) is 10.3. The Morgan fingerprint density at radius 1 is 1.47 bits per heavy atom. The van der Waals surface area contributed by atoms with Gasteiger partial charge in [0.1, 0.15) is 5.82 Å². The summed E-state index contributed by atoms with van der Waals surface area (Å²) < 4.78 is 2.12. The summed E-state index contributed by atoms with van der Waals surface area (Å²) in [6, 6.07) is 5.80. The summed E-state index contributed by atoms with van der Waals surface area (Å²) >= 11 is 5.99. The Morgan fingerprint density at radius 3 is 2.94 bits per heavy atom. The normalized spacial score (nSPS) is 13.2. The van der Waals surface area contributed by atoms with Gasteiger partial charge in [0.2, 0.25) is 0 Å². The molecule has 17 heavy (non-hydrogen) atoms. The molecule has 1 heterocycles. The molecule has 92 valence electrons. The highest BCUT2D eigenvalue weighted by Gasteiger charge is 2.09. The van der Waals surface area contributed by atoms with Gasteiger partial charge in [-0.3, -0.25) is 0 Å². The third-order valence-corrected chi connectivity index (χ3v) is 3.43. The Labute approximate surface area is 107 Å². The molecule has 4 heteroatoms. The average molecular weight is 252 g/mol. The lowest BCUT2D eigenvalue weighted by atomic mass is 10.1. The summed E-state index contributed by atoms with van der Waals surface area (Å²) in [6.07, 6.45) is 2.03. The number of imidazole rings is 1. The molecule has 1 aromatic carbocycles. The first-order valence-electron chi connectivity index (χ1n) is 5.92. The Morgan fingerprint density at radius 2 is 2.24 bits per heavy atom. The maximum absolute atomic E-state index is 5.99. The molecular formula is C13H18ClN3. The number of hydrogen-bond acceptors (Lipinski definition) is 2. The molecule has 0 bridgehead atoms. The second-order valence-corrected chi connectivity index (χ2v) is 5.04. The van der Waals surface area contributed by atoms with Gasteiger partial charge in [0.15, 0.2) is 0 Å². The molecule has 1 atom stereocenters. The summed E-state index contributed by atoms with van der Waals surface area (Å²) in [4.78, 5) is 4.62. The van der Waals surface area contributed by atoms with Crippen LogP contribution in [0.4, 0.5) is 0 Å². The summed E-state index contributed by atoms with van der Waals surface area (Å²) in [5.41, 5.74) is 7.72. The molecule has 0 spiro atoms. The highest BCUT2D eigenvalue weighted by atomic mass is 35.5. The van der Waals surface area contributed by atoms with Crippen LogP contribution in [-0.2, 0) is 13.5 Å². The van der Waals surface area contributed by atoms with Crippen LogP contribution in [-0.4, -0.2) is 16.1 Å².